The Balaban J connectivity index is 1.48. The van der Waals surface area contributed by atoms with Crippen molar-refractivity contribution >= 4 is 12.2 Å². The maximum Gasteiger partial charge on any atom is 0.250 e. The van der Waals surface area contributed by atoms with Gasteiger partial charge in [-0.05, 0) is 42.8 Å². The highest BCUT2D eigenvalue weighted by Crippen LogP contribution is 2.24. The van der Waals surface area contributed by atoms with Crippen molar-refractivity contribution in [1.29, 1.82) is 0 Å². The second kappa shape index (κ2) is 9.09. The summed E-state index contributed by atoms with van der Waals surface area (Å²) in [6.45, 7) is 2.46. The van der Waals surface area contributed by atoms with Crippen LogP contribution in [0.2, 0.25) is 0 Å². The first-order valence-corrected chi connectivity index (χ1v) is 9.65. The molecule has 1 heterocycles. The van der Waals surface area contributed by atoms with Gasteiger partial charge >= 0.3 is 0 Å². The minimum Gasteiger partial charge on any atom is -0.496 e. The largest absolute Gasteiger partial charge is 0.496 e. The Morgan fingerprint density at radius 1 is 0.933 bits per heavy atom. The fourth-order valence-corrected chi connectivity index (χ4v) is 2.99. The third-order valence-electron chi connectivity index (χ3n) is 4.61. The summed E-state index contributed by atoms with van der Waals surface area (Å²) in [6, 6.07) is 23.6. The predicted octanol–water partition coefficient (Wildman–Crippen LogP) is 5.80. The highest BCUT2D eigenvalue weighted by molar-refractivity contribution is 5.68. The van der Waals surface area contributed by atoms with Crippen molar-refractivity contribution in [3.8, 4) is 22.9 Å². The van der Waals surface area contributed by atoms with Gasteiger partial charge in [0.25, 0.3) is 5.89 Å². The highest BCUT2D eigenvalue weighted by Gasteiger charge is 2.07. The van der Waals surface area contributed by atoms with Crippen molar-refractivity contribution in [3.05, 3.63) is 95.4 Å². The Bertz CT molecular complexity index is 1130. The third-order valence-corrected chi connectivity index (χ3v) is 4.61. The molecule has 0 saturated heterocycles. The van der Waals surface area contributed by atoms with Crippen molar-refractivity contribution in [3.63, 3.8) is 0 Å². The summed E-state index contributed by atoms with van der Waals surface area (Å²) in [5.41, 5.74) is 4.05. The van der Waals surface area contributed by atoms with E-state index in [0.717, 1.165) is 28.2 Å². The van der Waals surface area contributed by atoms with Crippen molar-refractivity contribution < 1.29 is 14.0 Å². The number of rotatable bonds is 7. The molecule has 5 nitrogen and oxygen atoms in total. The second-order valence-electron chi connectivity index (χ2n) is 6.83. The zero-order chi connectivity index (χ0) is 20.8. The molecular formula is C25H22N2O3. The monoisotopic (exact) mass is 398 g/mol. The molecule has 0 aliphatic carbocycles. The molecule has 0 amide bonds. The number of ether oxygens (including phenoxy) is 2. The van der Waals surface area contributed by atoms with E-state index < -0.39 is 0 Å². The van der Waals surface area contributed by atoms with E-state index in [0.29, 0.717) is 18.3 Å². The lowest BCUT2D eigenvalue weighted by Crippen LogP contribution is -1.99. The number of aryl methyl sites for hydroxylation is 1. The quantitative estimate of drug-likeness (QED) is 0.394. The lowest BCUT2D eigenvalue weighted by atomic mass is 10.1. The molecule has 0 atom stereocenters. The molecule has 150 valence electrons. The summed E-state index contributed by atoms with van der Waals surface area (Å²) in [4.78, 5) is 4.42. The van der Waals surface area contributed by atoms with Crippen LogP contribution in [0.4, 0.5) is 0 Å². The van der Waals surface area contributed by atoms with E-state index >= 15 is 0 Å². The molecule has 3 aromatic carbocycles. The lowest BCUT2D eigenvalue weighted by molar-refractivity contribution is 0.296. The summed E-state index contributed by atoms with van der Waals surface area (Å²) >= 11 is 0. The summed E-state index contributed by atoms with van der Waals surface area (Å²) in [7, 11) is 1.66. The van der Waals surface area contributed by atoms with Crippen LogP contribution in [-0.4, -0.2) is 17.3 Å². The zero-order valence-corrected chi connectivity index (χ0v) is 16.9. The highest BCUT2D eigenvalue weighted by atomic mass is 16.5. The van der Waals surface area contributed by atoms with Crippen molar-refractivity contribution in [1.82, 2.24) is 10.1 Å². The number of benzene rings is 3. The molecule has 0 N–H and O–H groups in total. The average molecular weight is 398 g/mol. The fourth-order valence-electron chi connectivity index (χ4n) is 2.99. The minimum atomic E-state index is 0.409. The van der Waals surface area contributed by atoms with Crippen LogP contribution in [-0.2, 0) is 6.61 Å². The standard InChI is InChI=1S/C25H22N2O3/c1-18-8-12-22(13-9-18)29-17-21-16-19(10-14-23(21)28-2)11-15-24-26-25(27-30-24)20-6-4-3-5-7-20/h3-16H,17H2,1-2H3/b15-11-. The van der Waals surface area contributed by atoms with Crippen LogP contribution in [0.5, 0.6) is 11.5 Å². The van der Waals surface area contributed by atoms with Gasteiger partial charge < -0.3 is 14.0 Å². The normalized spacial score (nSPS) is 11.0. The van der Waals surface area contributed by atoms with E-state index in [-0.39, 0.29) is 0 Å². The molecular weight excluding hydrogens is 376 g/mol. The molecule has 0 aliphatic heterocycles. The van der Waals surface area contributed by atoms with E-state index in [4.69, 9.17) is 14.0 Å². The first-order valence-electron chi connectivity index (χ1n) is 9.65. The summed E-state index contributed by atoms with van der Waals surface area (Å²) in [6.07, 6.45) is 3.73. The molecule has 1 aromatic heterocycles. The molecule has 0 bridgehead atoms. The molecule has 0 radical (unpaired) electrons. The van der Waals surface area contributed by atoms with Gasteiger partial charge in [0, 0.05) is 17.2 Å². The van der Waals surface area contributed by atoms with Crippen molar-refractivity contribution in [2.45, 2.75) is 13.5 Å². The van der Waals surface area contributed by atoms with Gasteiger partial charge in [-0.1, -0.05) is 59.3 Å². The summed E-state index contributed by atoms with van der Waals surface area (Å²) < 4.78 is 16.7. The molecule has 5 heteroatoms. The Kier molecular flexibility index (Phi) is 5.90. The van der Waals surface area contributed by atoms with Crippen LogP contribution < -0.4 is 9.47 Å². The van der Waals surface area contributed by atoms with Gasteiger partial charge in [-0.3, -0.25) is 0 Å². The van der Waals surface area contributed by atoms with Gasteiger partial charge in [-0.15, -0.1) is 0 Å². The zero-order valence-electron chi connectivity index (χ0n) is 16.9. The van der Waals surface area contributed by atoms with Gasteiger partial charge in [0.05, 0.1) is 7.11 Å². The number of nitrogens with zero attached hydrogens (tertiary/aromatic N) is 2. The van der Waals surface area contributed by atoms with E-state index in [9.17, 15) is 0 Å². The topological polar surface area (TPSA) is 57.4 Å². The molecule has 4 rings (SSSR count). The van der Waals surface area contributed by atoms with Gasteiger partial charge in [-0.2, -0.15) is 4.98 Å². The van der Waals surface area contributed by atoms with Gasteiger partial charge in [0.15, 0.2) is 0 Å². The maximum absolute atomic E-state index is 5.91. The predicted molar refractivity (Wildman–Crippen MR) is 117 cm³/mol. The van der Waals surface area contributed by atoms with Crippen LogP contribution in [0, 0.1) is 6.92 Å². The molecule has 0 spiro atoms. The van der Waals surface area contributed by atoms with Gasteiger partial charge in [0.1, 0.15) is 18.1 Å². The first-order chi connectivity index (χ1) is 14.7. The molecule has 0 fully saturated rings. The van der Waals surface area contributed by atoms with E-state index in [2.05, 4.69) is 17.1 Å². The smallest absolute Gasteiger partial charge is 0.250 e. The third kappa shape index (κ3) is 4.75. The second-order valence-corrected chi connectivity index (χ2v) is 6.83. The number of hydrogen-bond acceptors (Lipinski definition) is 5. The first kappa shape index (κ1) is 19.5. The van der Waals surface area contributed by atoms with Gasteiger partial charge in [0.2, 0.25) is 5.82 Å². The van der Waals surface area contributed by atoms with Crippen LogP contribution >= 0.6 is 0 Å². The molecule has 0 saturated carbocycles. The molecule has 0 aliphatic rings. The van der Waals surface area contributed by atoms with Gasteiger partial charge in [-0.25, -0.2) is 0 Å². The summed E-state index contributed by atoms with van der Waals surface area (Å²) in [5.74, 6) is 2.62. The Morgan fingerprint density at radius 2 is 1.73 bits per heavy atom. The van der Waals surface area contributed by atoms with Crippen LogP contribution in [0.3, 0.4) is 0 Å². The van der Waals surface area contributed by atoms with Crippen LogP contribution in [0.15, 0.2) is 77.3 Å². The number of hydrogen-bond donors (Lipinski definition) is 0. The number of methoxy groups -OCH3 is 1. The fraction of sp³-hybridized carbons (Fsp3) is 0.120. The average Bonchev–Trinajstić information content (AvgIpc) is 3.27. The Morgan fingerprint density at radius 3 is 2.50 bits per heavy atom. The van der Waals surface area contributed by atoms with Crippen LogP contribution in [0.1, 0.15) is 22.6 Å². The van der Waals surface area contributed by atoms with E-state index in [1.165, 1.54) is 5.56 Å². The molecule has 0 unspecified atom stereocenters. The Labute approximate surface area is 175 Å². The van der Waals surface area contributed by atoms with Crippen molar-refractivity contribution in [2.75, 3.05) is 7.11 Å². The number of aromatic nitrogens is 2. The lowest BCUT2D eigenvalue weighted by Gasteiger charge is -2.11. The van der Waals surface area contributed by atoms with E-state index in [1.54, 1.807) is 13.2 Å². The molecule has 30 heavy (non-hydrogen) atoms. The van der Waals surface area contributed by atoms with E-state index in [1.807, 2.05) is 78.9 Å². The Hall–Kier alpha value is -3.86. The van der Waals surface area contributed by atoms with Crippen LogP contribution in [0.25, 0.3) is 23.5 Å². The summed E-state index contributed by atoms with van der Waals surface area (Å²) in [5, 5.41) is 4.04. The maximum atomic E-state index is 5.91. The van der Waals surface area contributed by atoms with Crippen molar-refractivity contribution in [2.24, 2.45) is 0 Å². The SMILES string of the molecule is COc1ccc(/C=C\c2nc(-c3ccccc3)no2)cc1COc1ccc(C)cc1. The molecule has 4 aromatic rings. The minimum absolute atomic E-state index is 0.409.